The second-order valence-electron chi connectivity index (χ2n) is 4.76. The lowest BCUT2D eigenvalue weighted by atomic mass is 10.1. The van der Waals surface area contributed by atoms with E-state index in [1.54, 1.807) is 12.1 Å². The SMILES string of the molecule is CCOC1CCN(c2ccc([N+](=O)[O-])c(C=O)c2)CC1. The number of piperidine rings is 1. The molecule has 6 heteroatoms. The minimum Gasteiger partial charge on any atom is -0.378 e. The maximum absolute atomic E-state index is 11.0. The van der Waals surface area contributed by atoms with Crippen LogP contribution in [0.5, 0.6) is 0 Å². The van der Waals surface area contributed by atoms with Gasteiger partial charge in [-0.15, -0.1) is 0 Å². The topological polar surface area (TPSA) is 72.7 Å². The number of nitrogens with zero attached hydrogens (tertiary/aromatic N) is 2. The quantitative estimate of drug-likeness (QED) is 0.470. The highest BCUT2D eigenvalue weighted by molar-refractivity contribution is 5.83. The lowest BCUT2D eigenvalue weighted by molar-refractivity contribution is -0.385. The number of hydrogen-bond acceptors (Lipinski definition) is 5. The summed E-state index contributed by atoms with van der Waals surface area (Å²) in [6.45, 7) is 4.37. The van der Waals surface area contributed by atoms with E-state index in [4.69, 9.17) is 4.74 Å². The molecule has 1 saturated heterocycles. The van der Waals surface area contributed by atoms with Crippen molar-refractivity contribution in [2.24, 2.45) is 0 Å². The van der Waals surface area contributed by atoms with Gasteiger partial charge >= 0.3 is 0 Å². The second kappa shape index (κ2) is 6.47. The summed E-state index contributed by atoms with van der Waals surface area (Å²) in [7, 11) is 0. The van der Waals surface area contributed by atoms with Crippen molar-refractivity contribution in [2.75, 3.05) is 24.6 Å². The molecule has 0 radical (unpaired) electrons. The molecule has 1 fully saturated rings. The molecule has 108 valence electrons. The molecule has 1 aromatic carbocycles. The molecule has 1 heterocycles. The van der Waals surface area contributed by atoms with Crippen LogP contribution in [0.4, 0.5) is 11.4 Å². The molecule has 1 aromatic rings. The predicted octanol–water partition coefficient (Wildman–Crippen LogP) is 2.41. The van der Waals surface area contributed by atoms with E-state index in [9.17, 15) is 14.9 Å². The van der Waals surface area contributed by atoms with Gasteiger partial charge in [0.25, 0.3) is 5.69 Å². The molecule has 0 aliphatic carbocycles. The minimum atomic E-state index is -0.533. The predicted molar refractivity (Wildman–Crippen MR) is 75.3 cm³/mol. The first-order chi connectivity index (χ1) is 9.65. The molecule has 1 aliphatic heterocycles. The van der Waals surface area contributed by atoms with Crippen molar-refractivity contribution in [1.29, 1.82) is 0 Å². The molecule has 20 heavy (non-hydrogen) atoms. The largest absolute Gasteiger partial charge is 0.378 e. The molecule has 0 atom stereocenters. The van der Waals surface area contributed by atoms with Gasteiger partial charge in [0.15, 0.2) is 6.29 Å². The van der Waals surface area contributed by atoms with E-state index < -0.39 is 4.92 Å². The fourth-order valence-corrected chi connectivity index (χ4v) is 2.52. The minimum absolute atomic E-state index is 0.124. The molecular weight excluding hydrogens is 260 g/mol. The molecule has 0 N–H and O–H groups in total. The van der Waals surface area contributed by atoms with Crippen molar-refractivity contribution in [3.8, 4) is 0 Å². The Morgan fingerprint density at radius 2 is 2.15 bits per heavy atom. The van der Waals surface area contributed by atoms with Crippen LogP contribution in [-0.2, 0) is 4.74 Å². The van der Waals surface area contributed by atoms with Crippen LogP contribution in [0.1, 0.15) is 30.1 Å². The van der Waals surface area contributed by atoms with Crippen LogP contribution in [0, 0.1) is 10.1 Å². The lowest BCUT2D eigenvalue weighted by Crippen LogP contribution is -2.37. The van der Waals surface area contributed by atoms with Gasteiger partial charge in [0.05, 0.1) is 16.6 Å². The number of ether oxygens (including phenoxy) is 1. The molecule has 0 saturated carbocycles. The zero-order valence-corrected chi connectivity index (χ0v) is 11.4. The fraction of sp³-hybridized carbons (Fsp3) is 0.500. The molecule has 6 nitrogen and oxygen atoms in total. The first-order valence-corrected chi connectivity index (χ1v) is 6.76. The number of carbonyl (C=O) groups is 1. The van der Waals surface area contributed by atoms with E-state index in [-0.39, 0.29) is 11.3 Å². The Labute approximate surface area is 117 Å². The van der Waals surface area contributed by atoms with Gasteiger partial charge in [-0.3, -0.25) is 14.9 Å². The Balaban J connectivity index is 2.10. The summed E-state index contributed by atoms with van der Waals surface area (Å²) in [5, 5.41) is 10.8. The van der Waals surface area contributed by atoms with Crippen molar-refractivity contribution >= 4 is 17.7 Å². The first kappa shape index (κ1) is 14.5. The van der Waals surface area contributed by atoms with Gasteiger partial charge in [-0.25, -0.2) is 0 Å². The highest BCUT2D eigenvalue weighted by Gasteiger charge is 2.21. The van der Waals surface area contributed by atoms with E-state index in [0.717, 1.165) is 38.2 Å². The van der Waals surface area contributed by atoms with Crippen LogP contribution in [-0.4, -0.2) is 37.0 Å². The van der Waals surface area contributed by atoms with Crippen LogP contribution in [0.2, 0.25) is 0 Å². The molecule has 1 aliphatic rings. The summed E-state index contributed by atoms with van der Waals surface area (Å²) in [6.07, 6.45) is 2.69. The summed E-state index contributed by atoms with van der Waals surface area (Å²) in [6, 6.07) is 4.69. The maximum Gasteiger partial charge on any atom is 0.280 e. The van der Waals surface area contributed by atoms with Crippen molar-refractivity contribution < 1.29 is 14.5 Å². The zero-order chi connectivity index (χ0) is 14.5. The summed E-state index contributed by atoms with van der Waals surface area (Å²) in [4.78, 5) is 23.4. The van der Waals surface area contributed by atoms with Gasteiger partial charge in [-0.2, -0.15) is 0 Å². The van der Waals surface area contributed by atoms with Crippen LogP contribution in [0.25, 0.3) is 0 Å². The van der Waals surface area contributed by atoms with E-state index in [1.165, 1.54) is 6.07 Å². The summed E-state index contributed by atoms with van der Waals surface area (Å²) in [5.74, 6) is 0. The summed E-state index contributed by atoms with van der Waals surface area (Å²) in [5.41, 5.74) is 0.833. The average molecular weight is 278 g/mol. The Morgan fingerprint density at radius 1 is 1.45 bits per heavy atom. The number of carbonyl (C=O) groups excluding carboxylic acids is 1. The Kier molecular flexibility index (Phi) is 4.68. The number of rotatable bonds is 5. The average Bonchev–Trinajstić information content (AvgIpc) is 2.47. The molecule has 0 spiro atoms. The van der Waals surface area contributed by atoms with Crippen LogP contribution < -0.4 is 4.90 Å². The van der Waals surface area contributed by atoms with Crippen molar-refractivity contribution in [3.05, 3.63) is 33.9 Å². The summed E-state index contributed by atoms with van der Waals surface area (Å²) < 4.78 is 5.59. The molecule has 0 bridgehead atoms. The third-order valence-electron chi connectivity index (χ3n) is 3.54. The van der Waals surface area contributed by atoms with Crippen LogP contribution in [0.15, 0.2) is 18.2 Å². The highest BCUT2D eigenvalue weighted by Crippen LogP contribution is 2.26. The summed E-state index contributed by atoms with van der Waals surface area (Å²) >= 11 is 0. The fourth-order valence-electron chi connectivity index (χ4n) is 2.52. The van der Waals surface area contributed by atoms with E-state index >= 15 is 0 Å². The first-order valence-electron chi connectivity index (χ1n) is 6.76. The Hall–Kier alpha value is -1.95. The van der Waals surface area contributed by atoms with Crippen LogP contribution >= 0.6 is 0 Å². The monoisotopic (exact) mass is 278 g/mol. The van der Waals surface area contributed by atoms with E-state index in [1.807, 2.05) is 6.92 Å². The van der Waals surface area contributed by atoms with Gasteiger partial charge in [0, 0.05) is 31.5 Å². The van der Waals surface area contributed by atoms with Crippen molar-refractivity contribution in [1.82, 2.24) is 0 Å². The number of aldehydes is 1. The molecule has 2 rings (SSSR count). The third-order valence-corrected chi connectivity index (χ3v) is 3.54. The molecule has 0 aromatic heterocycles. The number of nitro groups is 1. The van der Waals surface area contributed by atoms with Gasteiger partial charge in [-0.05, 0) is 31.9 Å². The molecule has 0 amide bonds. The standard InChI is InChI=1S/C14H18N2O4/c1-2-20-13-5-7-15(8-6-13)12-3-4-14(16(18)19)11(9-12)10-17/h3-4,9-10,13H,2,5-8H2,1H3. The Bertz CT molecular complexity index is 496. The molecular formula is C14H18N2O4. The van der Waals surface area contributed by atoms with Gasteiger partial charge in [0.2, 0.25) is 0 Å². The van der Waals surface area contributed by atoms with Gasteiger partial charge < -0.3 is 9.64 Å². The van der Waals surface area contributed by atoms with Crippen molar-refractivity contribution in [3.63, 3.8) is 0 Å². The molecule has 0 unspecified atom stereocenters. The number of anilines is 1. The highest BCUT2D eigenvalue weighted by atomic mass is 16.6. The number of hydrogen-bond donors (Lipinski definition) is 0. The number of benzene rings is 1. The third kappa shape index (κ3) is 3.14. The zero-order valence-electron chi connectivity index (χ0n) is 11.4. The maximum atomic E-state index is 11.0. The van der Waals surface area contributed by atoms with Gasteiger partial charge in [0.1, 0.15) is 0 Å². The smallest absolute Gasteiger partial charge is 0.280 e. The Morgan fingerprint density at radius 3 is 2.70 bits per heavy atom. The van der Waals surface area contributed by atoms with Gasteiger partial charge in [-0.1, -0.05) is 0 Å². The lowest BCUT2D eigenvalue weighted by Gasteiger charge is -2.33. The van der Waals surface area contributed by atoms with Crippen molar-refractivity contribution in [2.45, 2.75) is 25.9 Å². The number of nitro benzene ring substituents is 1. The van der Waals surface area contributed by atoms with E-state index in [0.29, 0.717) is 12.4 Å². The second-order valence-corrected chi connectivity index (χ2v) is 4.76. The van der Waals surface area contributed by atoms with Crippen LogP contribution in [0.3, 0.4) is 0 Å². The normalized spacial score (nSPS) is 16.1. The van der Waals surface area contributed by atoms with E-state index in [2.05, 4.69) is 4.90 Å².